The molecule has 1 atom stereocenters. The van der Waals surface area contributed by atoms with Crippen LogP contribution < -0.4 is 21.7 Å². The van der Waals surface area contributed by atoms with Gasteiger partial charge in [0.25, 0.3) is 0 Å². The monoisotopic (exact) mass is 413 g/mol. The van der Waals surface area contributed by atoms with E-state index >= 15 is 0 Å². The fraction of sp³-hybridized carbons (Fsp3) is 0.278. The van der Waals surface area contributed by atoms with Crippen molar-refractivity contribution in [1.29, 1.82) is 0 Å². The van der Waals surface area contributed by atoms with Gasteiger partial charge in [-0.15, -0.1) is 24.8 Å². The van der Waals surface area contributed by atoms with Gasteiger partial charge in [0.05, 0.1) is 0 Å². The van der Waals surface area contributed by atoms with Gasteiger partial charge in [0.15, 0.2) is 0 Å². The molecule has 5 N–H and O–H groups in total. The molecule has 0 fully saturated rings. The Morgan fingerprint density at radius 3 is 2.37 bits per heavy atom. The summed E-state index contributed by atoms with van der Waals surface area (Å²) in [5.74, 6) is -0.0940. The largest absolute Gasteiger partial charge is 0.352 e. The van der Waals surface area contributed by atoms with Gasteiger partial charge >= 0.3 is 6.03 Å². The zero-order chi connectivity index (χ0) is 18.1. The van der Waals surface area contributed by atoms with E-state index in [1.165, 1.54) is 0 Å². The molecule has 1 aromatic carbocycles. The van der Waals surface area contributed by atoms with Gasteiger partial charge in [-0.05, 0) is 42.3 Å². The molecule has 0 aliphatic heterocycles. The number of amides is 3. The van der Waals surface area contributed by atoms with Crippen molar-refractivity contribution in [1.82, 2.24) is 15.6 Å². The standard InChI is InChI=1S/C18H23N5O2.2ClH/c1-13(19)9-17(24)21-12-15-3-2-4-16(10-15)23-18(25)22-11-14-5-7-20-8-6-14;;/h2-8,10,13H,9,11-12,19H2,1H3,(H,21,24)(H2,22,23,25);2*1H. The minimum atomic E-state index is -0.296. The maximum Gasteiger partial charge on any atom is 0.319 e. The van der Waals surface area contributed by atoms with Crippen LogP contribution in [0, 0.1) is 0 Å². The maximum absolute atomic E-state index is 12.0. The van der Waals surface area contributed by atoms with Crippen LogP contribution in [-0.2, 0) is 17.9 Å². The molecule has 1 heterocycles. The minimum Gasteiger partial charge on any atom is -0.352 e. The molecular weight excluding hydrogens is 389 g/mol. The number of carbonyl (C=O) groups excluding carboxylic acids is 2. The summed E-state index contributed by atoms with van der Waals surface area (Å²) in [6.45, 7) is 2.59. The van der Waals surface area contributed by atoms with Crippen LogP contribution in [0.1, 0.15) is 24.5 Å². The van der Waals surface area contributed by atoms with Crippen molar-refractivity contribution >= 4 is 42.4 Å². The summed E-state index contributed by atoms with van der Waals surface area (Å²) in [6, 6.07) is 10.5. The number of nitrogens with one attached hydrogen (secondary N) is 3. The third-order valence-corrected chi connectivity index (χ3v) is 3.38. The molecule has 3 amide bonds. The first-order valence-corrected chi connectivity index (χ1v) is 8.08. The lowest BCUT2D eigenvalue weighted by molar-refractivity contribution is -0.121. The Morgan fingerprint density at radius 1 is 1.04 bits per heavy atom. The Hall–Kier alpha value is -2.35. The Morgan fingerprint density at radius 2 is 1.70 bits per heavy atom. The van der Waals surface area contributed by atoms with Crippen LogP contribution in [0.5, 0.6) is 0 Å². The molecular formula is C18H25Cl2N5O2. The second kappa shape index (κ2) is 12.9. The zero-order valence-corrected chi connectivity index (χ0v) is 16.6. The summed E-state index contributed by atoms with van der Waals surface area (Å²) in [6.07, 6.45) is 3.64. The van der Waals surface area contributed by atoms with Crippen molar-refractivity contribution in [3.05, 3.63) is 59.9 Å². The van der Waals surface area contributed by atoms with Gasteiger partial charge in [-0.25, -0.2) is 4.79 Å². The topological polar surface area (TPSA) is 109 Å². The summed E-state index contributed by atoms with van der Waals surface area (Å²) in [5, 5.41) is 8.36. The van der Waals surface area contributed by atoms with Crippen LogP contribution in [0.2, 0.25) is 0 Å². The van der Waals surface area contributed by atoms with Crippen molar-refractivity contribution in [3.63, 3.8) is 0 Å². The lowest BCUT2D eigenvalue weighted by Gasteiger charge is -2.10. The first-order valence-electron chi connectivity index (χ1n) is 8.08. The zero-order valence-electron chi connectivity index (χ0n) is 15.0. The summed E-state index contributed by atoms with van der Waals surface area (Å²) >= 11 is 0. The van der Waals surface area contributed by atoms with Gasteiger partial charge in [-0.3, -0.25) is 9.78 Å². The van der Waals surface area contributed by atoms with Gasteiger partial charge in [-0.1, -0.05) is 12.1 Å². The number of hydrogen-bond acceptors (Lipinski definition) is 4. The number of urea groups is 1. The second-order valence-corrected chi connectivity index (χ2v) is 5.82. The van der Waals surface area contributed by atoms with Crippen molar-refractivity contribution in [2.45, 2.75) is 32.5 Å². The molecule has 0 aliphatic rings. The molecule has 0 radical (unpaired) electrons. The first kappa shape index (κ1) is 24.7. The predicted molar refractivity (Wildman–Crippen MR) is 111 cm³/mol. The predicted octanol–water partition coefficient (Wildman–Crippen LogP) is 2.60. The highest BCUT2D eigenvalue weighted by atomic mass is 35.5. The Kier molecular flexibility index (Phi) is 11.8. The maximum atomic E-state index is 12.0. The van der Waals surface area contributed by atoms with E-state index in [2.05, 4.69) is 20.9 Å². The van der Waals surface area contributed by atoms with Crippen LogP contribution in [0.25, 0.3) is 0 Å². The number of hydrogen-bond donors (Lipinski definition) is 4. The Balaban J connectivity index is 0.00000338. The van der Waals surface area contributed by atoms with E-state index in [4.69, 9.17) is 5.73 Å². The van der Waals surface area contributed by atoms with Crippen LogP contribution in [0.3, 0.4) is 0 Å². The average molecular weight is 414 g/mol. The lowest BCUT2D eigenvalue weighted by atomic mass is 10.2. The van der Waals surface area contributed by atoms with E-state index in [9.17, 15) is 9.59 Å². The fourth-order valence-corrected chi connectivity index (χ4v) is 2.18. The normalized spacial score (nSPS) is 10.6. The van der Waals surface area contributed by atoms with Crippen molar-refractivity contribution in [3.8, 4) is 0 Å². The van der Waals surface area contributed by atoms with Gasteiger partial charge in [0, 0.05) is 43.6 Å². The number of anilines is 1. The van der Waals surface area contributed by atoms with Crippen LogP contribution in [0.4, 0.5) is 10.5 Å². The van der Waals surface area contributed by atoms with Gasteiger partial charge in [-0.2, -0.15) is 0 Å². The molecule has 2 rings (SSSR count). The quantitative estimate of drug-likeness (QED) is 0.558. The SMILES string of the molecule is CC(N)CC(=O)NCc1cccc(NC(=O)NCc2ccncc2)c1.Cl.Cl. The van der Waals surface area contributed by atoms with E-state index in [1.54, 1.807) is 25.4 Å². The number of aromatic nitrogens is 1. The molecule has 2 aromatic rings. The summed E-state index contributed by atoms with van der Waals surface area (Å²) in [4.78, 5) is 27.5. The van der Waals surface area contributed by atoms with Crippen LogP contribution in [0.15, 0.2) is 48.8 Å². The van der Waals surface area contributed by atoms with Crippen molar-refractivity contribution in [2.75, 3.05) is 5.32 Å². The minimum absolute atomic E-state index is 0. The number of halogens is 2. The van der Waals surface area contributed by atoms with E-state index in [0.717, 1.165) is 11.1 Å². The van der Waals surface area contributed by atoms with Crippen molar-refractivity contribution < 1.29 is 9.59 Å². The van der Waals surface area contributed by atoms with Crippen LogP contribution >= 0.6 is 24.8 Å². The average Bonchev–Trinajstić information content (AvgIpc) is 2.59. The third kappa shape index (κ3) is 9.79. The molecule has 1 aromatic heterocycles. The molecule has 9 heteroatoms. The molecule has 1 unspecified atom stereocenters. The van der Waals surface area contributed by atoms with Gasteiger partial charge in [0.2, 0.25) is 5.91 Å². The molecule has 0 saturated carbocycles. The second-order valence-electron chi connectivity index (χ2n) is 5.82. The molecule has 148 valence electrons. The molecule has 7 nitrogen and oxygen atoms in total. The Bertz CT molecular complexity index is 714. The van der Waals surface area contributed by atoms with Gasteiger partial charge < -0.3 is 21.7 Å². The smallest absolute Gasteiger partial charge is 0.319 e. The summed E-state index contributed by atoms with van der Waals surface area (Å²) < 4.78 is 0. The first-order chi connectivity index (χ1) is 12.0. The molecule has 0 saturated heterocycles. The summed E-state index contributed by atoms with van der Waals surface area (Å²) in [5.41, 5.74) is 8.11. The highest BCUT2D eigenvalue weighted by Gasteiger charge is 2.06. The molecule has 0 aliphatic carbocycles. The third-order valence-electron chi connectivity index (χ3n) is 3.38. The van der Waals surface area contributed by atoms with E-state index in [0.29, 0.717) is 18.8 Å². The number of pyridine rings is 1. The highest BCUT2D eigenvalue weighted by Crippen LogP contribution is 2.10. The number of benzene rings is 1. The van der Waals surface area contributed by atoms with E-state index < -0.39 is 0 Å². The van der Waals surface area contributed by atoms with Crippen LogP contribution in [-0.4, -0.2) is 23.0 Å². The molecule has 0 spiro atoms. The highest BCUT2D eigenvalue weighted by molar-refractivity contribution is 5.89. The Labute approximate surface area is 171 Å². The lowest BCUT2D eigenvalue weighted by Crippen LogP contribution is -2.29. The van der Waals surface area contributed by atoms with E-state index in [-0.39, 0.29) is 49.2 Å². The summed E-state index contributed by atoms with van der Waals surface area (Å²) in [7, 11) is 0. The number of rotatable bonds is 7. The number of carbonyl (C=O) groups is 2. The van der Waals surface area contributed by atoms with Crippen molar-refractivity contribution in [2.24, 2.45) is 5.73 Å². The fourth-order valence-electron chi connectivity index (χ4n) is 2.18. The van der Waals surface area contributed by atoms with Gasteiger partial charge in [0.1, 0.15) is 0 Å². The molecule has 0 bridgehead atoms. The number of nitrogens with zero attached hydrogens (tertiary/aromatic N) is 1. The molecule has 27 heavy (non-hydrogen) atoms. The van der Waals surface area contributed by atoms with E-state index in [1.807, 2.05) is 30.3 Å². The number of nitrogens with two attached hydrogens (primary N) is 1.